The Morgan fingerprint density at radius 3 is 2.95 bits per heavy atom. The first kappa shape index (κ1) is 11.6. The van der Waals surface area contributed by atoms with Gasteiger partial charge in [0.05, 0.1) is 6.61 Å². The zero-order valence-electron chi connectivity index (χ0n) is 9.92. The minimum Gasteiger partial charge on any atom is -0.463 e. The molecule has 1 saturated heterocycles. The summed E-state index contributed by atoms with van der Waals surface area (Å²) in [5.41, 5.74) is 6.75. The number of anilines is 1. The molecule has 2 aromatic rings. The van der Waals surface area contributed by atoms with Crippen LogP contribution in [-0.2, 0) is 14.3 Å². The van der Waals surface area contributed by atoms with Gasteiger partial charge >= 0.3 is 11.9 Å². The number of carbonyl (C=O) groups is 2. The molecule has 2 heterocycles. The molecule has 0 radical (unpaired) electrons. The third-order valence-electron chi connectivity index (χ3n) is 2.88. The molecule has 0 amide bonds. The molecular formula is C13H11NO5. The number of fused-ring (bicyclic) bond motifs is 1. The number of esters is 2. The molecule has 1 aliphatic heterocycles. The van der Waals surface area contributed by atoms with Crippen LogP contribution in [0.4, 0.5) is 5.69 Å². The summed E-state index contributed by atoms with van der Waals surface area (Å²) in [6, 6.07) is 6.58. The van der Waals surface area contributed by atoms with Crippen molar-refractivity contribution in [3.8, 4) is 0 Å². The average Bonchev–Trinajstić information content (AvgIpc) is 2.96. The maximum absolute atomic E-state index is 11.8. The molecule has 1 aromatic heterocycles. The summed E-state index contributed by atoms with van der Waals surface area (Å²) < 4.78 is 15.1. The van der Waals surface area contributed by atoms with Crippen LogP contribution < -0.4 is 5.73 Å². The summed E-state index contributed by atoms with van der Waals surface area (Å²) in [7, 11) is 0. The number of carbonyl (C=O) groups excluding carboxylic acids is 2. The Kier molecular flexibility index (Phi) is 2.63. The summed E-state index contributed by atoms with van der Waals surface area (Å²) in [5.74, 6) is -1.16. The summed E-state index contributed by atoms with van der Waals surface area (Å²) in [6.07, 6.45) is -0.469. The average molecular weight is 261 g/mol. The maximum Gasteiger partial charge on any atom is 0.375 e. The number of benzene rings is 1. The molecule has 19 heavy (non-hydrogen) atoms. The highest BCUT2D eigenvalue weighted by Crippen LogP contribution is 2.23. The highest BCUT2D eigenvalue weighted by molar-refractivity contribution is 5.94. The van der Waals surface area contributed by atoms with Crippen LogP contribution in [-0.4, -0.2) is 24.6 Å². The number of nitrogens with two attached hydrogens (primary N) is 1. The van der Waals surface area contributed by atoms with Gasteiger partial charge in [-0.3, -0.25) is 0 Å². The molecule has 1 aliphatic rings. The molecule has 0 spiro atoms. The van der Waals surface area contributed by atoms with Crippen molar-refractivity contribution in [3.05, 3.63) is 30.0 Å². The second-order valence-corrected chi connectivity index (χ2v) is 4.26. The van der Waals surface area contributed by atoms with Gasteiger partial charge in [-0.1, -0.05) is 0 Å². The Labute approximate surface area is 108 Å². The number of hydrogen-bond donors (Lipinski definition) is 1. The number of ether oxygens (including phenoxy) is 2. The predicted octanol–water partition coefficient (Wildman–Crippen LogP) is 1.49. The number of rotatable bonds is 2. The molecular weight excluding hydrogens is 250 g/mol. The second-order valence-electron chi connectivity index (χ2n) is 4.26. The predicted molar refractivity (Wildman–Crippen MR) is 65.4 cm³/mol. The second kappa shape index (κ2) is 4.31. The largest absolute Gasteiger partial charge is 0.463 e. The van der Waals surface area contributed by atoms with E-state index >= 15 is 0 Å². The van der Waals surface area contributed by atoms with Crippen molar-refractivity contribution in [3.63, 3.8) is 0 Å². The lowest BCUT2D eigenvalue weighted by atomic mass is 10.2. The van der Waals surface area contributed by atoms with E-state index in [1.165, 1.54) is 6.07 Å². The summed E-state index contributed by atoms with van der Waals surface area (Å²) in [6.45, 7) is 0.271. The first-order valence-electron chi connectivity index (χ1n) is 5.80. The van der Waals surface area contributed by atoms with E-state index in [1.54, 1.807) is 18.2 Å². The molecule has 3 rings (SSSR count). The van der Waals surface area contributed by atoms with Crippen molar-refractivity contribution in [2.24, 2.45) is 0 Å². The first-order chi connectivity index (χ1) is 9.13. The lowest BCUT2D eigenvalue weighted by Crippen LogP contribution is -2.22. The van der Waals surface area contributed by atoms with Crippen molar-refractivity contribution in [1.82, 2.24) is 0 Å². The molecule has 0 aliphatic carbocycles. The van der Waals surface area contributed by atoms with Crippen molar-refractivity contribution >= 4 is 28.6 Å². The van der Waals surface area contributed by atoms with Crippen molar-refractivity contribution in [2.45, 2.75) is 12.5 Å². The molecule has 1 atom stereocenters. The van der Waals surface area contributed by atoms with Crippen LogP contribution in [0.3, 0.4) is 0 Å². The van der Waals surface area contributed by atoms with Gasteiger partial charge in [0.2, 0.25) is 11.9 Å². The van der Waals surface area contributed by atoms with Gasteiger partial charge in [0.25, 0.3) is 0 Å². The number of hydrogen-bond acceptors (Lipinski definition) is 6. The molecule has 1 unspecified atom stereocenters. The van der Waals surface area contributed by atoms with E-state index in [1.807, 2.05) is 0 Å². The van der Waals surface area contributed by atoms with Gasteiger partial charge in [-0.05, 0) is 24.3 Å². The quantitative estimate of drug-likeness (QED) is 0.650. The zero-order chi connectivity index (χ0) is 13.4. The third kappa shape index (κ3) is 2.12. The Morgan fingerprint density at radius 2 is 2.21 bits per heavy atom. The monoisotopic (exact) mass is 261 g/mol. The lowest BCUT2D eigenvalue weighted by Gasteiger charge is -2.05. The smallest absolute Gasteiger partial charge is 0.375 e. The Hall–Kier alpha value is -2.50. The van der Waals surface area contributed by atoms with Crippen molar-refractivity contribution < 1.29 is 23.5 Å². The van der Waals surface area contributed by atoms with E-state index in [0.717, 1.165) is 0 Å². The SMILES string of the molecule is Nc1ccc2oc(C(=O)OC3CCOC3=O)cc2c1. The molecule has 0 saturated carbocycles. The molecule has 6 heteroatoms. The van der Waals surface area contributed by atoms with Crippen LogP contribution in [0.25, 0.3) is 11.0 Å². The fourth-order valence-electron chi connectivity index (χ4n) is 1.93. The van der Waals surface area contributed by atoms with Gasteiger partial charge in [0, 0.05) is 17.5 Å². The van der Waals surface area contributed by atoms with Crippen LogP contribution >= 0.6 is 0 Å². The van der Waals surface area contributed by atoms with Crippen LogP contribution in [0.1, 0.15) is 17.0 Å². The van der Waals surface area contributed by atoms with E-state index in [0.29, 0.717) is 23.1 Å². The third-order valence-corrected chi connectivity index (χ3v) is 2.88. The van der Waals surface area contributed by atoms with Gasteiger partial charge < -0.3 is 19.6 Å². The minimum atomic E-state index is -0.842. The Balaban J connectivity index is 1.83. The zero-order valence-corrected chi connectivity index (χ0v) is 9.92. The highest BCUT2D eigenvalue weighted by atomic mass is 16.6. The van der Waals surface area contributed by atoms with Crippen molar-refractivity contribution in [1.29, 1.82) is 0 Å². The summed E-state index contributed by atoms with van der Waals surface area (Å²) >= 11 is 0. The molecule has 1 aromatic carbocycles. The van der Waals surface area contributed by atoms with E-state index in [2.05, 4.69) is 0 Å². The van der Waals surface area contributed by atoms with Gasteiger partial charge in [-0.25, -0.2) is 9.59 Å². The molecule has 6 nitrogen and oxygen atoms in total. The van der Waals surface area contributed by atoms with Crippen LogP contribution in [0.5, 0.6) is 0 Å². The fraction of sp³-hybridized carbons (Fsp3) is 0.231. The minimum absolute atomic E-state index is 0.0419. The standard InChI is InChI=1S/C13H11NO5/c14-8-1-2-9-7(5-8)6-11(18-9)13(16)19-10-3-4-17-12(10)15/h1-2,5-6,10H,3-4,14H2. The molecule has 0 bridgehead atoms. The molecule has 1 fully saturated rings. The van der Waals surface area contributed by atoms with Gasteiger partial charge in [-0.15, -0.1) is 0 Å². The van der Waals surface area contributed by atoms with Gasteiger partial charge in [-0.2, -0.15) is 0 Å². The van der Waals surface area contributed by atoms with Crippen LogP contribution in [0.15, 0.2) is 28.7 Å². The van der Waals surface area contributed by atoms with Crippen LogP contribution in [0, 0.1) is 0 Å². The normalized spacial score (nSPS) is 18.5. The molecule has 2 N–H and O–H groups in total. The summed E-state index contributed by atoms with van der Waals surface area (Å²) in [4.78, 5) is 23.1. The first-order valence-corrected chi connectivity index (χ1v) is 5.80. The van der Waals surface area contributed by atoms with E-state index in [9.17, 15) is 9.59 Å². The maximum atomic E-state index is 11.8. The Bertz CT molecular complexity index is 660. The van der Waals surface area contributed by atoms with E-state index in [-0.39, 0.29) is 12.4 Å². The summed E-state index contributed by atoms with van der Waals surface area (Å²) in [5, 5.41) is 0.709. The Morgan fingerprint density at radius 1 is 1.37 bits per heavy atom. The molecule has 98 valence electrons. The topological polar surface area (TPSA) is 91.8 Å². The highest BCUT2D eigenvalue weighted by Gasteiger charge is 2.31. The van der Waals surface area contributed by atoms with Gasteiger partial charge in [0.1, 0.15) is 5.58 Å². The number of nitrogen functional groups attached to an aromatic ring is 1. The number of furan rings is 1. The van der Waals surface area contributed by atoms with E-state index < -0.39 is 18.0 Å². The fourth-order valence-corrected chi connectivity index (χ4v) is 1.93. The number of cyclic esters (lactones) is 1. The lowest BCUT2D eigenvalue weighted by molar-refractivity contribution is -0.145. The van der Waals surface area contributed by atoms with Crippen molar-refractivity contribution in [2.75, 3.05) is 12.3 Å². The van der Waals surface area contributed by atoms with E-state index in [4.69, 9.17) is 19.6 Å². The van der Waals surface area contributed by atoms with Gasteiger partial charge in [0.15, 0.2) is 0 Å². The van der Waals surface area contributed by atoms with Crippen LogP contribution in [0.2, 0.25) is 0 Å².